The number of carbonyl (C=O) groups excluding carboxylic acids is 2. The Bertz CT molecular complexity index is 1000. The molecule has 0 bridgehead atoms. The van der Waals surface area contributed by atoms with Crippen LogP contribution in [0.5, 0.6) is 0 Å². The molecule has 2 N–H and O–H groups in total. The van der Waals surface area contributed by atoms with Crippen molar-refractivity contribution in [2.45, 2.75) is 40.0 Å². The summed E-state index contributed by atoms with van der Waals surface area (Å²) in [6.45, 7) is 9.03. The highest BCUT2D eigenvalue weighted by molar-refractivity contribution is 6.08. The predicted octanol–water partition coefficient (Wildman–Crippen LogP) is 4.49. The van der Waals surface area contributed by atoms with Crippen molar-refractivity contribution in [1.29, 1.82) is 0 Å². The van der Waals surface area contributed by atoms with E-state index in [1.54, 1.807) is 16.7 Å². The molecule has 0 aliphatic carbocycles. The maximum atomic E-state index is 12.9. The van der Waals surface area contributed by atoms with Crippen LogP contribution in [0.4, 0.5) is 5.69 Å². The summed E-state index contributed by atoms with van der Waals surface area (Å²) in [5.41, 5.74) is 2.72. The summed E-state index contributed by atoms with van der Waals surface area (Å²) in [4.78, 5) is 29.8. The van der Waals surface area contributed by atoms with E-state index in [0.29, 0.717) is 29.6 Å². The second kappa shape index (κ2) is 8.90. The van der Waals surface area contributed by atoms with Crippen LogP contribution in [0.3, 0.4) is 0 Å². The number of benzene rings is 1. The van der Waals surface area contributed by atoms with E-state index >= 15 is 0 Å². The molecule has 0 atom stereocenters. The Morgan fingerprint density at radius 3 is 2.38 bits per heavy atom. The van der Waals surface area contributed by atoms with E-state index in [-0.39, 0.29) is 23.3 Å². The van der Waals surface area contributed by atoms with Crippen LogP contribution < -0.4 is 10.6 Å². The van der Waals surface area contributed by atoms with Crippen molar-refractivity contribution in [3.63, 3.8) is 0 Å². The van der Waals surface area contributed by atoms with Gasteiger partial charge in [-0.05, 0) is 48.1 Å². The highest BCUT2D eigenvalue weighted by atomic mass is 16.2. The monoisotopic (exact) mass is 392 g/mol. The Hall–Kier alpha value is -3.15. The van der Waals surface area contributed by atoms with Crippen LogP contribution in [0.15, 0.2) is 48.7 Å². The van der Waals surface area contributed by atoms with Crippen molar-refractivity contribution in [2.24, 2.45) is 5.92 Å². The number of hydrogen-bond donors (Lipinski definition) is 2. The lowest BCUT2D eigenvalue weighted by Gasteiger charge is -2.07. The molecule has 0 aliphatic rings. The summed E-state index contributed by atoms with van der Waals surface area (Å²) in [5, 5.41) is 5.77. The Balaban J connectivity index is 1.83. The normalized spacial score (nSPS) is 11.2. The number of carbonyl (C=O) groups is 2. The number of nitrogens with one attached hydrogen (secondary N) is 2. The highest BCUT2D eigenvalue weighted by Gasteiger charge is 2.21. The Labute approximate surface area is 171 Å². The van der Waals surface area contributed by atoms with Gasteiger partial charge in [-0.25, -0.2) is 4.98 Å². The van der Waals surface area contributed by atoms with E-state index in [0.717, 1.165) is 6.42 Å². The number of pyridine rings is 1. The van der Waals surface area contributed by atoms with Gasteiger partial charge in [-0.15, -0.1) is 0 Å². The summed E-state index contributed by atoms with van der Waals surface area (Å²) in [7, 11) is 0. The topological polar surface area (TPSA) is 75.5 Å². The SMILES string of the molecule is CC(C)CCNC(=O)c1nc(C(=O)Nc2ccc(C(C)C)cc2)c2ccccn12. The first-order chi connectivity index (χ1) is 13.9. The molecule has 0 spiro atoms. The van der Waals surface area contributed by atoms with Gasteiger partial charge in [-0.3, -0.25) is 14.0 Å². The number of fused-ring (bicyclic) bond motifs is 1. The third-order valence-electron chi connectivity index (χ3n) is 4.81. The van der Waals surface area contributed by atoms with E-state index in [2.05, 4.69) is 43.3 Å². The molecule has 0 aliphatic heterocycles. The number of aromatic nitrogens is 2. The van der Waals surface area contributed by atoms with Gasteiger partial charge >= 0.3 is 0 Å². The lowest BCUT2D eigenvalue weighted by Crippen LogP contribution is -2.27. The van der Waals surface area contributed by atoms with Gasteiger partial charge in [0.15, 0.2) is 5.69 Å². The molecule has 0 saturated carbocycles. The Morgan fingerprint density at radius 2 is 1.72 bits per heavy atom. The third-order valence-corrected chi connectivity index (χ3v) is 4.81. The Morgan fingerprint density at radius 1 is 1.00 bits per heavy atom. The molecule has 2 aromatic heterocycles. The van der Waals surface area contributed by atoms with Gasteiger partial charge in [0.05, 0.1) is 5.52 Å². The molecule has 0 unspecified atom stereocenters. The van der Waals surface area contributed by atoms with Gasteiger partial charge in [0.1, 0.15) is 0 Å². The zero-order chi connectivity index (χ0) is 21.0. The molecule has 6 nitrogen and oxygen atoms in total. The van der Waals surface area contributed by atoms with E-state index in [1.165, 1.54) is 5.56 Å². The van der Waals surface area contributed by atoms with Crippen LogP contribution in [0.2, 0.25) is 0 Å². The number of imidazole rings is 1. The average molecular weight is 393 g/mol. The smallest absolute Gasteiger partial charge is 0.287 e. The summed E-state index contributed by atoms with van der Waals surface area (Å²) < 4.78 is 1.65. The molecule has 0 saturated heterocycles. The van der Waals surface area contributed by atoms with Gasteiger partial charge in [0.2, 0.25) is 5.82 Å². The molecule has 3 aromatic rings. The number of rotatable bonds is 7. The van der Waals surface area contributed by atoms with Crippen LogP contribution in [-0.2, 0) is 0 Å². The first-order valence-corrected chi connectivity index (χ1v) is 10.0. The van der Waals surface area contributed by atoms with Crippen molar-refractivity contribution >= 4 is 23.0 Å². The fourth-order valence-electron chi connectivity index (χ4n) is 3.06. The second-order valence-corrected chi connectivity index (χ2v) is 7.91. The summed E-state index contributed by atoms with van der Waals surface area (Å²) in [6, 6.07) is 13.2. The molecule has 1 aromatic carbocycles. The molecule has 29 heavy (non-hydrogen) atoms. The first-order valence-electron chi connectivity index (χ1n) is 10.0. The molecule has 0 radical (unpaired) electrons. The minimum absolute atomic E-state index is 0.213. The zero-order valence-electron chi connectivity index (χ0n) is 17.4. The highest BCUT2D eigenvalue weighted by Crippen LogP contribution is 2.19. The number of anilines is 1. The van der Waals surface area contributed by atoms with E-state index in [1.807, 2.05) is 36.4 Å². The molecular formula is C23H28N4O2. The van der Waals surface area contributed by atoms with Crippen LogP contribution >= 0.6 is 0 Å². The summed E-state index contributed by atoms with van der Waals surface area (Å²) in [6.07, 6.45) is 2.63. The predicted molar refractivity (Wildman–Crippen MR) is 115 cm³/mol. The number of nitrogens with zero attached hydrogens (tertiary/aromatic N) is 2. The molecule has 2 amide bonds. The fraction of sp³-hybridized carbons (Fsp3) is 0.348. The Kier molecular flexibility index (Phi) is 6.32. The average Bonchev–Trinajstić information content (AvgIpc) is 3.08. The molecule has 2 heterocycles. The number of hydrogen-bond acceptors (Lipinski definition) is 3. The minimum Gasteiger partial charge on any atom is -0.349 e. The van der Waals surface area contributed by atoms with E-state index < -0.39 is 0 Å². The molecule has 6 heteroatoms. The minimum atomic E-state index is -0.341. The van der Waals surface area contributed by atoms with Crippen LogP contribution in [0.25, 0.3) is 5.52 Å². The molecule has 0 fully saturated rings. The third kappa shape index (κ3) is 4.83. The van der Waals surface area contributed by atoms with Crippen molar-refractivity contribution in [3.05, 3.63) is 65.7 Å². The quantitative estimate of drug-likeness (QED) is 0.622. The summed E-state index contributed by atoms with van der Waals surface area (Å²) >= 11 is 0. The van der Waals surface area contributed by atoms with Crippen LogP contribution in [-0.4, -0.2) is 27.7 Å². The van der Waals surface area contributed by atoms with Crippen LogP contribution in [0.1, 0.15) is 66.7 Å². The number of amides is 2. The summed E-state index contributed by atoms with van der Waals surface area (Å²) in [5.74, 6) is 0.508. The fourth-order valence-corrected chi connectivity index (χ4v) is 3.06. The van der Waals surface area contributed by atoms with Gasteiger partial charge in [0.25, 0.3) is 11.8 Å². The van der Waals surface area contributed by atoms with Crippen molar-refractivity contribution in [2.75, 3.05) is 11.9 Å². The van der Waals surface area contributed by atoms with E-state index in [4.69, 9.17) is 0 Å². The molecule has 152 valence electrons. The van der Waals surface area contributed by atoms with Gasteiger partial charge in [0, 0.05) is 18.4 Å². The van der Waals surface area contributed by atoms with E-state index in [9.17, 15) is 9.59 Å². The molecule has 3 rings (SSSR count). The maximum absolute atomic E-state index is 12.9. The second-order valence-electron chi connectivity index (χ2n) is 7.91. The van der Waals surface area contributed by atoms with Crippen molar-refractivity contribution in [1.82, 2.24) is 14.7 Å². The lowest BCUT2D eigenvalue weighted by atomic mass is 10.0. The zero-order valence-corrected chi connectivity index (χ0v) is 17.4. The van der Waals surface area contributed by atoms with Gasteiger partial charge in [-0.2, -0.15) is 0 Å². The first kappa shape index (κ1) is 20.6. The van der Waals surface area contributed by atoms with Gasteiger partial charge < -0.3 is 10.6 Å². The van der Waals surface area contributed by atoms with Crippen molar-refractivity contribution in [3.8, 4) is 0 Å². The van der Waals surface area contributed by atoms with Gasteiger partial charge in [-0.1, -0.05) is 45.9 Å². The largest absolute Gasteiger partial charge is 0.349 e. The standard InChI is InChI=1S/C23H28N4O2/c1-15(2)12-13-24-23(29)21-26-20(19-7-5-6-14-27(19)21)22(28)25-18-10-8-17(9-11-18)16(3)4/h5-11,14-16H,12-13H2,1-4H3,(H,24,29)(H,25,28). The lowest BCUT2D eigenvalue weighted by molar-refractivity contribution is 0.0941. The molecular weight excluding hydrogens is 364 g/mol. The van der Waals surface area contributed by atoms with Crippen molar-refractivity contribution < 1.29 is 9.59 Å². The van der Waals surface area contributed by atoms with Crippen LogP contribution in [0, 0.1) is 5.92 Å². The maximum Gasteiger partial charge on any atom is 0.287 e.